The number of nitrogens with two attached hydrogens (primary N) is 1. The van der Waals surface area contributed by atoms with Gasteiger partial charge in [0.2, 0.25) is 0 Å². The number of carbonyl (C=O) groups is 2. The van der Waals surface area contributed by atoms with Gasteiger partial charge in [0.1, 0.15) is 18.8 Å². The van der Waals surface area contributed by atoms with E-state index in [9.17, 15) is 24.2 Å². The van der Waals surface area contributed by atoms with Gasteiger partial charge in [0.05, 0.1) is 13.2 Å². The van der Waals surface area contributed by atoms with Gasteiger partial charge >= 0.3 is 19.8 Å². The fourth-order valence-electron chi connectivity index (χ4n) is 3.06. The fourth-order valence-corrected chi connectivity index (χ4v) is 3.84. The van der Waals surface area contributed by atoms with Gasteiger partial charge < -0.3 is 25.6 Å². The predicted molar refractivity (Wildman–Crippen MR) is 130 cm³/mol. The van der Waals surface area contributed by atoms with Gasteiger partial charge in [0.15, 0.2) is 0 Å². The molecule has 197 valence electrons. The van der Waals surface area contributed by atoms with E-state index in [1.54, 1.807) is 0 Å². The van der Waals surface area contributed by atoms with Gasteiger partial charge in [-0.25, -0.2) is 4.57 Å². The average molecular weight is 521 g/mol. The Bertz CT molecular complexity index is 568. The molecule has 0 aromatic rings. The molecule has 34 heavy (non-hydrogen) atoms. The Morgan fingerprint density at radius 3 is 1.74 bits per heavy atom. The second kappa shape index (κ2) is 23.4. The van der Waals surface area contributed by atoms with Crippen LogP contribution in [0.5, 0.6) is 0 Å². The molecule has 0 aliphatic carbocycles. The van der Waals surface area contributed by atoms with Crippen molar-refractivity contribution in [2.24, 2.45) is 5.73 Å². The van der Waals surface area contributed by atoms with Crippen LogP contribution in [0.1, 0.15) is 96.8 Å². The van der Waals surface area contributed by atoms with Crippen molar-refractivity contribution in [1.82, 2.24) is 0 Å². The number of hydrogen-bond acceptors (Lipinski definition) is 8. The molecule has 12 heteroatoms. The molecule has 3 atom stereocenters. The van der Waals surface area contributed by atoms with E-state index in [4.69, 9.17) is 15.6 Å². The number of esters is 1. The zero-order chi connectivity index (χ0) is 25.0. The van der Waals surface area contributed by atoms with E-state index in [1.807, 2.05) is 0 Å². The SMILES string of the molecule is CCCCCCCCCCCCCCCC(=O)OCC(O)COP(=O)(O)OCC(N)C(=O)O.[Na]. The van der Waals surface area contributed by atoms with Crippen molar-refractivity contribution < 1.29 is 43.0 Å². The van der Waals surface area contributed by atoms with Crippen molar-refractivity contribution in [1.29, 1.82) is 0 Å². The molecular weight excluding hydrogens is 476 g/mol. The number of carbonyl (C=O) groups excluding carboxylic acids is 1. The van der Waals surface area contributed by atoms with E-state index in [2.05, 4.69) is 16.0 Å². The molecule has 5 N–H and O–H groups in total. The number of rotatable bonds is 23. The van der Waals surface area contributed by atoms with Crippen LogP contribution in [0, 0.1) is 0 Å². The topological polar surface area (TPSA) is 166 Å². The molecule has 0 fully saturated rings. The summed E-state index contributed by atoms with van der Waals surface area (Å²) in [5, 5.41) is 18.3. The van der Waals surface area contributed by atoms with E-state index in [1.165, 1.54) is 64.2 Å². The summed E-state index contributed by atoms with van der Waals surface area (Å²) in [4.78, 5) is 31.7. The van der Waals surface area contributed by atoms with Gasteiger partial charge in [-0.3, -0.25) is 18.6 Å². The standard InChI is InChI=1S/C22H44NO9P.Na/c1-2-3-4-5-6-7-8-9-10-11-12-13-14-15-21(25)30-16-19(24)17-31-33(28,29)32-18-20(23)22(26)27;/h19-20,24H,2-18,23H2,1H3,(H,26,27)(H,28,29);. The molecule has 0 aliphatic heterocycles. The Morgan fingerprint density at radius 2 is 1.26 bits per heavy atom. The number of aliphatic hydroxyl groups is 1. The molecule has 0 saturated heterocycles. The van der Waals surface area contributed by atoms with Crippen molar-refractivity contribution in [3.63, 3.8) is 0 Å². The van der Waals surface area contributed by atoms with Gasteiger partial charge in [-0.1, -0.05) is 84.0 Å². The molecule has 10 nitrogen and oxygen atoms in total. The van der Waals surface area contributed by atoms with Crippen molar-refractivity contribution in [3.05, 3.63) is 0 Å². The number of carboxylic acids is 1. The van der Waals surface area contributed by atoms with Crippen LogP contribution in [0.15, 0.2) is 0 Å². The van der Waals surface area contributed by atoms with Crippen LogP contribution in [0.3, 0.4) is 0 Å². The Hall–Kier alpha value is -0.0300. The quantitative estimate of drug-likeness (QED) is 0.0677. The molecule has 0 aromatic carbocycles. The first kappa shape index (κ1) is 36.1. The Morgan fingerprint density at radius 1 is 0.824 bits per heavy atom. The van der Waals surface area contributed by atoms with Crippen LogP contribution >= 0.6 is 7.82 Å². The van der Waals surface area contributed by atoms with Crippen molar-refractivity contribution in [2.75, 3.05) is 19.8 Å². The zero-order valence-electron chi connectivity index (χ0n) is 21.0. The Kier molecular flexibility index (Phi) is 24.8. The van der Waals surface area contributed by atoms with Crippen LogP contribution < -0.4 is 5.73 Å². The minimum atomic E-state index is -4.58. The summed E-state index contributed by atoms with van der Waals surface area (Å²) in [7, 11) is -4.58. The van der Waals surface area contributed by atoms with E-state index in [-0.39, 0.29) is 42.6 Å². The first-order chi connectivity index (χ1) is 15.7. The van der Waals surface area contributed by atoms with E-state index >= 15 is 0 Å². The van der Waals surface area contributed by atoms with Gasteiger partial charge in [-0.2, -0.15) is 0 Å². The molecule has 0 rings (SSSR count). The summed E-state index contributed by atoms with van der Waals surface area (Å²) < 4.78 is 25.5. The molecule has 0 spiro atoms. The number of ether oxygens (including phenoxy) is 1. The predicted octanol–water partition coefficient (Wildman–Crippen LogP) is 3.54. The van der Waals surface area contributed by atoms with Crippen LogP contribution in [0.4, 0.5) is 0 Å². The fraction of sp³-hybridized carbons (Fsp3) is 0.909. The average Bonchev–Trinajstić information content (AvgIpc) is 2.77. The molecule has 0 aliphatic rings. The minimum absolute atomic E-state index is 0. The molecule has 1 radical (unpaired) electrons. The third-order valence-electron chi connectivity index (χ3n) is 5.09. The Labute approximate surface area is 226 Å². The maximum atomic E-state index is 11.7. The number of hydrogen-bond donors (Lipinski definition) is 4. The summed E-state index contributed by atoms with van der Waals surface area (Å²) in [5.74, 6) is -1.85. The van der Waals surface area contributed by atoms with Crippen LogP contribution in [0.25, 0.3) is 0 Å². The zero-order valence-corrected chi connectivity index (χ0v) is 23.9. The van der Waals surface area contributed by atoms with Gasteiger partial charge in [0, 0.05) is 36.0 Å². The summed E-state index contributed by atoms with van der Waals surface area (Å²) in [6, 6.07) is -1.48. The second-order valence-electron chi connectivity index (χ2n) is 8.33. The summed E-state index contributed by atoms with van der Waals surface area (Å²) in [5.41, 5.74) is 5.15. The number of carboxylic acid groups (broad SMARTS) is 1. The number of unbranched alkanes of at least 4 members (excludes halogenated alkanes) is 12. The molecule has 0 aromatic heterocycles. The van der Waals surface area contributed by atoms with Crippen molar-refractivity contribution in [3.8, 4) is 0 Å². The maximum absolute atomic E-state index is 11.7. The second-order valence-corrected chi connectivity index (χ2v) is 9.79. The first-order valence-corrected chi connectivity index (χ1v) is 13.6. The molecule has 0 bridgehead atoms. The smallest absolute Gasteiger partial charge is 0.472 e. The maximum Gasteiger partial charge on any atom is 0.472 e. The summed E-state index contributed by atoms with van der Waals surface area (Å²) in [6.07, 6.45) is 14.7. The van der Waals surface area contributed by atoms with E-state index in [0.29, 0.717) is 6.42 Å². The normalized spacial score (nSPS) is 14.6. The monoisotopic (exact) mass is 520 g/mol. The third kappa shape index (κ3) is 23.7. The Balaban J connectivity index is 0. The number of phosphoric ester groups is 1. The van der Waals surface area contributed by atoms with Crippen LogP contribution in [-0.4, -0.2) is 88.6 Å². The summed E-state index contributed by atoms with van der Waals surface area (Å²) in [6.45, 7) is 0.495. The van der Waals surface area contributed by atoms with Gasteiger partial charge in [-0.05, 0) is 6.42 Å². The van der Waals surface area contributed by atoms with E-state index in [0.717, 1.165) is 12.8 Å². The van der Waals surface area contributed by atoms with Crippen LogP contribution in [-0.2, 0) is 27.9 Å². The van der Waals surface area contributed by atoms with Gasteiger partial charge in [-0.15, -0.1) is 0 Å². The molecule has 3 unspecified atom stereocenters. The van der Waals surface area contributed by atoms with E-state index < -0.39 is 45.1 Å². The third-order valence-corrected chi connectivity index (χ3v) is 6.04. The molecule has 0 heterocycles. The van der Waals surface area contributed by atoms with Crippen molar-refractivity contribution in [2.45, 2.75) is 109 Å². The minimum Gasteiger partial charge on any atom is -0.480 e. The van der Waals surface area contributed by atoms with Crippen molar-refractivity contribution >= 4 is 49.3 Å². The molecular formula is C22H44NNaO9P. The number of phosphoric acid groups is 1. The largest absolute Gasteiger partial charge is 0.480 e. The molecule has 0 saturated carbocycles. The number of aliphatic carboxylic acids is 1. The number of aliphatic hydroxyl groups excluding tert-OH is 1. The van der Waals surface area contributed by atoms with Gasteiger partial charge in [0.25, 0.3) is 0 Å². The van der Waals surface area contributed by atoms with Crippen LogP contribution in [0.2, 0.25) is 0 Å². The molecule has 0 amide bonds. The first-order valence-electron chi connectivity index (χ1n) is 12.1. The summed E-state index contributed by atoms with van der Waals surface area (Å²) >= 11 is 0.